The van der Waals surface area contributed by atoms with Crippen LogP contribution in [0.5, 0.6) is 0 Å². The van der Waals surface area contributed by atoms with Crippen molar-refractivity contribution < 1.29 is 12.8 Å². The minimum atomic E-state index is -3.48. The summed E-state index contributed by atoms with van der Waals surface area (Å²) in [5, 5.41) is 0. The predicted octanol–water partition coefficient (Wildman–Crippen LogP) is 2.26. The molecule has 0 aliphatic rings. The summed E-state index contributed by atoms with van der Waals surface area (Å²) >= 11 is 1.26. The Morgan fingerprint density at radius 1 is 1.38 bits per heavy atom. The van der Waals surface area contributed by atoms with E-state index in [1.807, 2.05) is 0 Å². The number of rotatable bonds is 3. The van der Waals surface area contributed by atoms with Gasteiger partial charge in [-0.3, -0.25) is 4.98 Å². The van der Waals surface area contributed by atoms with Crippen LogP contribution in [-0.2, 0) is 15.6 Å². The largest absolute Gasteiger partial charge is 0.253 e. The minimum absolute atomic E-state index is 0.000833. The number of hydrogen-bond donors (Lipinski definition) is 0. The van der Waals surface area contributed by atoms with Crippen LogP contribution in [0.1, 0.15) is 4.88 Å². The number of nitrogens with zero attached hydrogens (tertiary/aromatic N) is 1. The highest BCUT2D eigenvalue weighted by molar-refractivity contribution is 7.90. The number of thiazole rings is 1. The molecule has 0 fully saturated rings. The fraction of sp³-hybridized carbons (Fsp3) is 0.100. The van der Waals surface area contributed by atoms with E-state index in [-0.39, 0.29) is 10.6 Å². The van der Waals surface area contributed by atoms with Gasteiger partial charge in [-0.25, -0.2) is 12.8 Å². The first-order valence-corrected chi connectivity index (χ1v) is 6.97. The van der Waals surface area contributed by atoms with E-state index in [1.165, 1.54) is 35.7 Å². The lowest BCUT2D eigenvalue weighted by atomic mass is 10.4. The van der Waals surface area contributed by atoms with Crippen LogP contribution in [0, 0.1) is 5.82 Å². The summed E-state index contributed by atoms with van der Waals surface area (Å²) in [6.45, 7) is 0. The second kappa shape index (κ2) is 4.31. The third kappa shape index (κ3) is 2.45. The number of halogens is 1. The van der Waals surface area contributed by atoms with Gasteiger partial charge in [-0.2, -0.15) is 0 Å². The van der Waals surface area contributed by atoms with Gasteiger partial charge in [0, 0.05) is 11.1 Å². The Labute approximate surface area is 96.5 Å². The Hall–Kier alpha value is -1.27. The second-order valence-corrected chi connectivity index (χ2v) is 6.14. The minimum Gasteiger partial charge on any atom is -0.253 e. The van der Waals surface area contributed by atoms with Gasteiger partial charge in [-0.05, 0) is 18.2 Å². The fourth-order valence-corrected chi connectivity index (χ4v) is 3.55. The van der Waals surface area contributed by atoms with Crippen molar-refractivity contribution in [2.24, 2.45) is 0 Å². The van der Waals surface area contributed by atoms with Crippen molar-refractivity contribution in [2.75, 3.05) is 0 Å². The van der Waals surface area contributed by atoms with Crippen LogP contribution >= 0.6 is 11.3 Å². The van der Waals surface area contributed by atoms with E-state index in [0.29, 0.717) is 4.88 Å². The predicted molar refractivity (Wildman–Crippen MR) is 59.4 cm³/mol. The van der Waals surface area contributed by atoms with Crippen LogP contribution in [0.15, 0.2) is 40.9 Å². The number of hydrogen-bond acceptors (Lipinski definition) is 4. The molecule has 6 heteroatoms. The highest BCUT2D eigenvalue weighted by Crippen LogP contribution is 2.18. The smallest absolute Gasteiger partial charge is 0.183 e. The highest BCUT2D eigenvalue weighted by Gasteiger charge is 2.16. The quantitative estimate of drug-likeness (QED) is 0.847. The van der Waals surface area contributed by atoms with Gasteiger partial charge < -0.3 is 0 Å². The van der Waals surface area contributed by atoms with Gasteiger partial charge in [0.2, 0.25) is 0 Å². The van der Waals surface area contributed by atoms with E-state index in [9.17, 15) is 12.8 Å². The fourth-order valence-electron chi connectivity index (χ4n) is 1.24. The van der Waals surface area contributed by atoms with Gasteiger partial charge in [-0.1, -0.05) is 6.07 Å². The zero-order chi connectivity index (χ0) is 11.6. The number of aromatic nitrogens is 1. The van der Waals surface area contributed by atoms with E-state index in [1.54, 1.807) is 5.51 Å². The Morgan fingerprint density at radius 3 is 2.81 bits per heavy atom. The van der Waals surface area contributed by atoms with E-state index < -0.39 is 15.7 Å². The van der Waals surface area contributed by atoms with Gasteiger partial charge in [0.15, 0.2) is 9.84 Å². The van der Waals surface area contributed by atoms with Gasteiger partial charge in [0.1, 0.15) is 5.82 Å². The first-order chi connectivity index (χ1) is 7.58. The van der Waals surface area contributed by atoms with Gasteiger partial charge in [0.05, 0.1) is 16.2 Å². The Kier molecular flexibility index (Phi) is 3.02. The third-order valence-electron chi connectivity index (χ3n) is 1.97. The van der Waals surface area contributed by atoms with Crippen LogP contribution in [0.2, 0.25) is 0 Å². The molecule has 0 saturated heterocycles. The summed E-state index contributed by atoms with van der Waals surface area (Å²) in [6.07, 6.45) is 1.50. The van der Waals surface area contributed by atoms with Crippen molar-refractivity contribution in [1.29, 1.82) is 0 Å². The van der Waals surface area contributed by atoms with Gasteiger partial charge >= 0.3 is 0 Å². The Balaban J connectivity index is 2.33. The Morgan fingerprint density at radius 2 is 2.19 bits per heavy atom. The summed E-state index contributed by atoms with van der Waals surface area (Å²) in [5.41, 5.74) is 1.57. The molecule has 0 N–H and O–H groups in total. The normalized spacial score (nSPS) is 11.6. The van der Waals surface area contributed by atoms with E-state index in [0.717, 1.165) is 6.07 Å². The summed E-state index contributed by atoms with van der Waals surface area (Å²) in [4.78, 5) is 4.44. The highest BCUT2D eigenvalue weighted by atomic mass is 32.2. The average Bonchev–Trinajstić information content (AvgIpc) is 2.70. The first-order valence-electron chi connectivity index (χ1n) is 4.43. The SMILES string of the molecule is O=S(=O)(Cc1cncs1)c1cccc(F)c1. The van der Waals surface area contributed by atoms with Crippen LogP contribution < -0.4 is 0 Å². The Bertz CT molecular complexity index is 579. The number of benzene rings is 1. The maximum atomic E-state index is 12.9. The third-order valence-corrected chi connectivity index (χ3v) is 4.60. The van der Waals surface area contributed by atoms with Gasteiger partial charge in [0.25, 0.3) is 0 Å². The average molecular weight is 257 g/mol. The molecular formula is C10H8FNO2S2. The molecular weight excluding hydrogens is 249 g/mol. The molecule has 0 unspecified atom stereocenters. The lowest BCUT2D eigenvalue weighted by Crippen LogP contribution is -2.04. The lowest BCUT2D eigenvalue weighted by Gasteiger charge is -2.02. The molecule has 3 nitrogen and oxygen atoms in total. The summed E-state index contributed by atoms with van der Waals surface area (Å²) in [7, 11) is -3.48. The molecule has 2 aromatic rings. The molecule has 0 radical (unpaired) electrons. The van der Waals surface area contributed by atoms with Crippen molar-refractivity contribution in [2.45, 2.75) is 10.6 Å². The molecule has 0 saturated carbocycles. The molecule has 1 aromatic heterocycles. The summed E-state index contributed by atoms with van der Waals surface area (Å²) in [5.74, 6) is -0.688. The molecule has 84 valence electrons. The maximum absolute atomic E-state index is 12.9. The monoisotopic (exact) mass is 257 g/mol. The summed E-state index contributed by atoms with van der Waals surface area (Å²) in [6, 6.07) is 5.01. The molecule has 0 bridgehead atoms. The van der Waals surface area contributed by atoms with Crippen LogP contribution in [0.3, 0.4) is 0 Å². The summed E-state index contributed by atoms with van der Waals surface area (Å²) < 4.78 is 36.6. The van der Waals surface area contributed by atoms with Crippen LogP contribution in [0.25, 0.3) is 0 Å². The molecule has 0 atom stereocenters. The van der Waals surface area contributed by atoms with Crippen molar-refractivity contribution in [1.82, 2.24) is 4.98 Å². The molecule has 0 aliphatic carbocycles. The molecule has 0 aliphatic heterocycles. The van der Waals surface area contributed by atoms with E-state index in [4.69, 9.17) is 0 Å². The zero-order valence-corrected chi connectivity index (χ0v) is 9.76. The van der Waals surface area contributed by atoms with Crippen molar-refractivity contribution in [3.63, 3.8) is 0 Å². The molecule has 1 aromatic carbocycles. The van der Waals surface area contributed by atoms with Crippen LogP contribution in [-0.4, -0.2) is 13.4 Å². The van der Waals surface area contributed by atoms with Gasteiger partial charge in [-0.15, -0.1) is 11.3 Å². The van der Waals surface area contributed by atoms with Crippen molar-refractivity contribution >= 4 is 21.2 Å². The number of sulfone groups is 1. The molecule has 0 spiro atoms. The standard InChI is InChI=1S/C10H8FNO2S2/c11-8-2-1-3-10(4-8)16(13,14)6-9-5-12-7-15-9/h1-5,7H,6H2. The van der Waals surface area contributed by atoms with Crippen molar-refractivity contribution in [3.05, 3.63) is 46.7 Å². The topological polar surface area (TPSA) is 47.0 Å². The van der Waals surface area contributed by atoms with E-state index >= 15 is 0 Å². The van der Waals surface area contributed by atoms with Crippen LogP contribution in [0.4, 0.5) is 4.39 Å². The maximum Gasteiger partial charge on any atom is 0.183 e. The first kappa shape index (κ1) is 11.2. The zero-order valence-electron chi connectivity index (χ0n) is 8.13. The second-order valence-electron chi connectivity index (χ2n) is 3.18. The molecule has 1 heterocycles. The van der Waals surface area contributed by atoms with E-state index in [2.05, 4.69) is 4.98 Å². The lowest BCUT2D eigenvalue weighted by molar-refractivity contribution is 0.590. The molecule has 16 heavy (non-hydrogen) atoms. The van der Waals surface area contributed by atoms with Crippen molar-refractivity contribution in [3.8, 4) is 0 Å². The molecule has 0 amide bonds. The molecule has 2 rings (SSSR count).